The summed E-state index contributed by atoms with van der Waals surface area (Å²) in [6, 6.07) is 3.67. The van der Waals surface area contributed by atoms with Gasteiger partial charge in [0.2, 0.25) is 0 Å². The first kappa shape index (κ1) is 9.51. The summed E-state index contributed by atoms with van der Waals surface area (Å²) in [5.41, 5.74) is 0.208. The standard InChI is InChI=1S/C9H11NO3/c1-2-6(10-13)9-7(11)4-3-5-8(9)12/h3-6,11-12H,2H2,1H3. The molecule has 1 atom stereocenters. The Morgan fingerprint density at radius 1 is 1.38 bits per heavy atom. The fraction of sp³-hybridized carbons (Fsp3) is 0.333. The molecule has 1 unspecified atom stereocenters. The normalized spacial score (nSPS) is 12.4. The summed E-state index contributed by atoms with van der Waals surface area (Å²) < 4.78 is 0. The zero-order valence-electron chi connectivity index (χ0n) is 7.27. The molecule has 1 aromatic rings. The molecule has 70 valence electrons. The van der Waals surface area contributed by atoms with Crippen molar-refractivity contribution in [1.82, 2.24) is 0 Å². The van der Waals surface area contributed by atoms with Crippen LogP contribution >= 0.6 is 0 Å². The van der Waals surface area contributed by atoms with Gasteiger partial charge in [-0.15, -0.1) is 0 Å². The number of aromatic hydroxyl groups is 2. The molecule has 0 aromatic heterocycles. The van der Waals surface area contributed by atoms with Crippen LogP contribution in [-0.2, 0) is 0 Å². The van der Waals surface area contributed by atoms with Gasteiger partial charge < -0.3 is 10.2 Å². The lowest BCUT2D eigenvalue weighted by molar-refractivity contribution is 0.427. The van der Waals surface area contributed by atoms with Crippen molar-refractivity contribution in [2.45, 2.75) is 19.4 Å². The van der Waals surface area contributed by atoms with Crippen LogP contribution in [0, 0.1) is 4.91 Å². The third kappa shape index (κ3) is 1.77. The Labute approximate surface area is 75.8 Å². The fourth-order valence-corrected chi connectivity index (χ4v) is 1.21. The SMILES string of the molecule is CCC(N=O)c1c(O)cccc1O. The monoisotopic (exact) mass is 181 g/mol. The largest absolute Gasteiger partial charge is 0.507 e. The Morgan fingerprint density at radius 2 is 1.92 bits per heavy atom. The average molecular weight is 181 g/mol. The van der Waals surface area contributed by atoms with E-state index in [-0.39, 0.29) is 17.1 Å². The lowest BCUT2D eigenvalue weighted by Crippen LogP contribution is -1.93. The third-order valence-corrected chi connectivity index (χ3v) is 1.91. The molecule has 13 heavy (non-hydrogen) atoms. The van der Waals surface area contributed by atoms with Crippen molar-refractivity contribution in [3.05, 3.63) is 28.7 Å². The Kier molecular flexibility index (Phi) is 2.84. The topological polar surface area (TPSA) is 69.9 Å². The molecule has 0 fully saturated rings. The van der Waals surface area contributed by atoms with Crippen molar-refractivity contribution in [3.8, 4) is 11.5 Å². The molecule has 0 bridgehead atoms. The van der Waals surface area contributed by atoms with Crippen LogP contribution in [0.15, 0.2) is 23.4 Å². The summed E-state index contributed by atoms with van der Waals surface area (Å²) in [5.74, 6) is -0.182. The van der Waals surface area contributed by atoms with Gasteiger partial charge in [-0.3, -0.25) is 0 Å². The summed E-state index contributed by atoms with van der Waals surface area (Å²) in [6.45, 7) is 1.76. The quantitative estimate of drug-likeness (QED) is 0.703. The molecular weight excluding hydrogens is 170 g/mol. The zero-order chi connectivity index (χ0) is 9.84. The van der Waals surface area contributed by atoms with Gasteiger partial charge in [-0.25, -0.2) is 0 Å². The van der Waals surface area contributed by atoms with Crippen molar-refractivity contribution >= 4 is 0 Å². The fourth-order valence-electron chi connectivity index (χ4n) is 1.21. The van der Waals surface area contributed by atoms with E-state index in [1.165, 1.54) is 18.2 Å². The van der Waals surface area contributed by atoms with Gasteiger partial charge in [0.1, 0.15) is 17.5 Å². The number of phenolic OH excluding ortho intramolecular Hbond substituents is 2. The molecule has 4 heteroatoms. The van der Waals surface area contributed by atoms with Crippen molar-refractivity contribution in [2.75, 3.05) is 0 Å². The minimum atomic E-state index is -0.679. The van der Waals surface area contributed by atoms with Crippen LogP contribution in [0.2, 0.25) is 0 Å². The second-order valence-corrected chi connectivity index (χ2v) is 2.74. The molecule has 0 amide bonds. The molecule has 0 aliphatic heterocycles. The van der Waals surface area contributed by atoms with E-state index in [4.69, 9.17) is 0 Å². The van der Waals surface area contributed by atoms with Crippen LogP contribution < -0.4 is 0 Å². The maximum atomic E-state index is 10.4. The summed E-state index contributed by atoms with van der Waals surface area (Å²) >= 11 is 0. The molecule has 0 saturated carbocycles. The second-order valence-electron chi connectivity index (χ2n) is 2.74. The molecule has 0 saturated heterocycles. The van der Waals surface area contributed by atoms with Crippen LogP contribution in [0.25, 0.3) is 0 Å². The van der Waals surface area contributed by atoms with Gasteiger partial charge in [0.15, 0.2) is 0 Å². The summed E-state index contributed by atoms with van der Waals surface area (Å²) in [5, 5.41) is 21.6. The Bertz CT molecular complexity index is 291. The van der Waals surface area contributed by atoms with Crippen molar-refractivity contribution in [1.29, 1.82) is 0 Å². The molecule has 0 radical (unpaired) electrons. The van der Waals surface area contributed by atoms with Crippen molar-refractivity contribution in [2.24, 2.45) is 5.18 Å². The molecule has 2 N–H and O–H groups in total. The molecule has 0 aliphatic rings. The third-order valence-electron chi connectivity index (χ3n) is 1.91. The van der Waals surface area contributed by atoms with Gasteiger partial charge in [0, 0.05) is 0 Å². The summed E-state index contributed by atoms with van der Waals surface area (Å²) in [7, 11) is 0. The lowest BCUT2D eigenvalue weighted by Gasteiger charge is -2.10. The van der Waals surface area contributed by atoms with E-state index in [1.807, 2.05) is 0 Å². The number of hydrogen-bond acceptors (Lipinski definition) is 4. The first-order chi connectivity index (χ1) is 6.20. The number of rotatable bonds is 3. The highest BCUT2D eigenvalue weighted by Gasteiger charge is 2.17. The van der Waals surface area contributed by atoms with Gasteiger partial charge in [-0.1, -0.05) is 18.2 Å². The molecule has 1 aromatic carbocycles. The molecule has 0 spiro atoms. The van der Waals surface area contributed by atoms with Crippen LogP contribution in [-0.4, -0.2) is 10.2 Å². The van der Waals surface area contributed by atoms with Crippen LogP contribution in [0.4, 0.5) is 0 Å². The Hall–Kier alpha value is -1.58. The smallest absolute Gasteiger partial charge is 0.124 e. The van der Waals surface area contributed by atoms with E-state index in [1.54, 1.807) is 6.92 Å². The zero-order valence-corrected chi connectivity index (χ0v) is 7.27. The molecule has 1 rings (SSSR count). The first-order valence-corrected chi connectivity index (χ1v) is 4.04. The van der Waals surface area contributed by atoms with E-state index in [0.29, 0.717) is 6.42 Å². The van der Waals surface area contributed by atoms with Crippen molar-refractivity contribution in [3.63, 3.8) is 0 Å². The maximum absolute atomic E-state index is 10.4. The predicted octanol–water partition coefficient (Wildman–Crippen LogP) is 2.32. The number of hydrogen-bond donors (Lipinski definition) is 2. The highest BCUT2D eigenvalue weighted by molar-refractivity contribution is 5.45. The number of benzene rings is 1. The summed E-state index contributed by atoms with van der Waals surface area (Å²) in [4.78, 5) is 10.4. The van der Waals surface area contributed by atoms with E-state index < -0.39 is 6.04 Å². The lowest BCUT2D eigenvalue weighted by atomic mass is 10.0. The van der Waals surface area contributed by atoms with E-state index >= 15 is 0 Å². The van der Waals surface area contributed by atoms with Gasteiger partial charge in [0.05, 0.1) is 5.56 Å². The van der Waals surface area contributed by atoms with E-state index in [9.17, 15) is 15.1 Å². The minimum absolute atomic E-state index is 0.0912. The molecule has 4 nitrogen and oxygen atoms in total. The number of nitroso groups, excluding NO2 is 1. The van der Waals surface area contributed by atoms with Crippen LogP contribution in [0.3, 0.4) is 0 Å². The maximum Gasteiger partial charge on any atom is 0.124 e. The van der Waals surface area contributed by atoms with Crippen LogP contribution in [0.1, 0.15) is 24.9 Å². The highest BCUT2D eigenvalue weighted by Crippen LogP contribution is 2.35. The molecular formula is C9H11NO3. The predicted molar refractivity (Wildman–Crippen MR) is 48.6 cm³/mol. The first-order valence-electron chi connectivity index (χ1n) is 4.04. The minimum Gasteiger partial charge on any atom is -0.507 e. The average Bonchev–Trinajstić information content (AvgIpc) is 2.11. The van der Waals surface area contributed by atoms with Crippen molar-refractivity contribution < 1.29 is 10.2 Å². The number of phenols is 2. The Morgan fingerprint density at radius 3 is 2.31 bits per heavy atom. The van der Waals surface area contributed by atoms with Gasteiger partial charge in [-0.2, -0.15) is 4.91 Å². The molecule has 0 aliphatic carbocycles. The van der Waals surface area contributed by atoms with Gasteiger partial charge in [-0.05, 0) is 18.6 Å². The van der Waals surface area contributed by atoms with E-state index in [0.717, 1.165) is 0 Å². The molecule has 0 heterocycles. The highest BCUT2D eigenvalue weighted by atomic mass is 16.3. The van der Waals surface area contributed by atoms with Gasteiger partial charge in [0.25, 0.3) is 0 Å². The summed E-state index contributed by atoms with van der Waals surface area (Å²) in [6.07, 6.45) is 0.453. The van der Waals surface area contributed by atoms with Crippen LogP contribution in [0.5, 0.6) is 11.5 Å². The van der Waals surface area contributed by atoms with E-state index in [2.05, 4.69) is 5.18 Å². The van der Waals surface area contributed by atoms with Gasteiger partial charge >= 0.3 is 0 Å². The second kappa shape index (κ2) is 3.89. The Balaban J connectivity index is 3.17. The number of nitrogens with zero attached hydrogens (tertiary/aromatic N) is 1.